The summed E-state index contributed by atoms with van der Waals surface area (Å²) in [6.07, 6.45) is 7.25. The van der Waals surface area contributed by atoms with E-state index in [1.807, 2.05) is 54.9 Å². The Kier molecular flexibility index (Phi) is 4.82. The Bertz CT molecular complexity index is 1160. The average molecular weight is 390 g/mol. The summed E-state index contributed by atoms with van der Waals surface area (Å²) in [5.74, 6) is -1.11. The third kappa shape index (κ3) is 3.60. The molecule has 140 valence electrons. The number of rotatable bonds is 4. The van der Waals surface area contributed by atoms with Crippen LogP contribution in [-0.2, 0) is 4.57 Å². The number of benzene rings is 2. The molecule has 2 aromatic heterocycles. The normalized spacial score (nSPS) is 12.8. The van der Waals surface area contributed by atoms with E-state index in [-0.39, 0.29) is 0 Å². The first kappa shape index (κ1) is 18.5. The summed E-state index contributed by atoms with van der Waals surface area (Å²) in [6, 6.07) is 22.1. The number of nitrogens with zero attached hydrogens (tertiary/aromatic N) is 2. The van der Waals surface area contributed by atoms with Crippen LogP contribution in [0.15, 0.2) is 91.5 Å². The molecule has 2 aromatic carbocycles. The second-order valence-corrected chi connectivity index (χ2v) is 8.53. The number of aromatic nitrogens is 2. The van der Waals surface area contributed by atoms with Gasteiger partial charge in [-0.1, -0.05) is 30.3 Å². The van der Waals surface area contributed by atoms with Gasteiger partial charge < -0.3 is 14.4 Å². The molecule has 4 rings (SSSR count). The summed E-state index contributed by atoms with van der Waals surface area (Å²) >= 11 is 0. The number of hydrogen-bond acceptors (Lipinski definition) is 3. The van der Waals surface area contributed by atoms with E-state index in [9.17, 15) is 14.4 Å². The SMILES string of the molecule is CC([n+]1ccc(-c2cc[n+](-c3cccc4ccccc34)cc2)cc1)P(=O)([O-])[O-]. The van der Waals surface area contributed by atoms with Gasteiger partial charge in [-0.15, -0.1) is 0 Å². The molecule has 2 heterocycles. The van der Waals surface area contributed by atoms with Gasteiger partial charge in [-0.3, -0.25) is 0 Å². The van der Waals surface area contributed by atoms with E-state index in [1.54, 1.807) is 12.4 Å². The van der Waals surface area contributed by atoms with E-state index >= 15 is 0 Å². The largest absolute Gasteiger partial charge is 0.806 e. The van der Waals surface area contributed by atoms with Gasteiger partial charge in [0.2, 0.25) is 5.69 Å². The van der Waals surface area contributed by atoms with Crippen molar-refractivity contribution < 1.29 is 23.5 Å². The van der Waals surface area contributed by atoms with Crippen molar-refractivity contribution in [1.82, 2.24) is 0 Å². The Hall–Kier alpha value is -2.85. The van der Waals surface area contributed by atoms with Crippen molar-refractivity contribution in [2.24, 2.45) is 0 Å². The van der Waals surface area contributed by atoms with E-state index in [2.05, 4.69) is 28.8 Å². The zero-order valence-corrected chi connectivity index (χ0v) is 16.2. The van der Waals surface area contributed by atoms with Gasteiger partial charge in [0.25, 0.3) is 0 Å². The van der Waals surface area contributed by atoms with Gasteiger partial charge in [-0.05, 0) is 22.6 Å². The maximum Gasteiger partial charge on any atom is 0.218 e. The van der Waals surface area contributed by atoms with Crippen molar-refractivity contribution in [3.8, 4) is 16.8 Å². The van der Waals surface area contributed by atoms with E-state index in [0.717, 1.165) is 16.8 Å². The summed E-state index contributed by atoms with van der Waals surface area (Å²) in [5.41, 5.74) is 3.05. The molecule has 0 aliphatic rings. The molecule has 0 saturated carbocycles. The standard InChI is InChI=1S/C22H19N2O3P/c1-17(28(25,26)27)23-13-9-18(10-14-23)19-11-15-24(16-12-19)22-8-4-6-20-5-2-3-7-21(20)22/h2-17H,1H3. The smallest absolute Gasteiger partial charge is 0.218 e. The molecule has 1 unspecified atom stereocenters. The van der Waals surface area contributed by atoms with Crippen molar-refractivity contribution in [3.63, 3.8) is 0 Å². The summed E-state index contributed by atoms with van der Waals surface area (Å²) in [7, 11) is -4.67. The summed E-state index contributed by atoms with van der Waals surface area (Å²) < 4.78 is 14.7. The van der Waals surface area contributed by atoms with Crippen molar-refractivity contribution in [1.29, 1.82) is 0 Å². The fourth-order valence-corrected chi connectivity index (χ4v) is 3.74. The second-order valence-electron chi connectivity index (χ2n) is 6.70. The highest BCUT2D eigenvalue weighted by Crippen LogP contribution is 2.35. The third-order valence-corrected chi connectivity index (χ3v) is 6.13. The minimum absolute atomic E-state index is 0.945. The fourth-order valence-electron chi connectivity index (χ4n) is 3.26. The van der Waals surface area contributed by atoms with E-state index in [0.29, 0.717) is 0 Å². The van der Waals surface area contributed by atoms with Crippen LogP contribution in [-0.4, -0.2) is 0 Å². The van der Waals surface area contributed by atoms with Crippen LogP contribution in [0.1, 0.15) is 12.7 Å². The van der Waals surface area contributed by atoms with Gasteiger partial charge in [0.15, 0.2) is 30.6 Å². The molecule has 5 nitrogen and oxygen atoms in total. The molecule has 0 radical (unpaired) electrons. The van der Waals surface area contributed by atoms with Gasteiger partial charge in [0.1, 0.15) is 0 Å². The van der Waals surface area contributed by atoms with Crippen LogP contribution in [0.4, 0.5) is 0 Å². The number of fused-ring (bicyclic) bond motifs is 1. The predicted octanol–water partition coefficient (Wildman–Crippen LogP) is 2.50. The Morgan fingerprint density at radius 3 is 2.00 bits per heavy atom. The number of pyridine rings is 2. The lowest BCUT2D eigenvalue weighted by molar-refractivity contribution is -0.707. The lowest BCUT2D eigenvalue weighted by atomic mass is 10.1. The van der Waals surface area contributed by atoms with E-state index < -0.39 is 13.4 Å². The highest BCUT2D eigenvalue weighted by atomic mass is 31.2. The zero-order chi connectivity index (χ0) is 19.7. The summed E-state index contributed by atoms with van der Waals surface area (Å²) in [4.78, 5) is 22.4. The minimum atomic E-state index is -4.67. The Morgan fingerprint density at radius 2 is 1.36 bits per heavy atom. The lowest BCUT2D eigenvalue weighted by Crippen LogP contribution is -2.41. The Morgan fingerprint density at radius 1 is 0.786 bits per heavy atom. The zero-order valence-electron chi connectivity index (χ0n) is 15.3. The molecule has 1 atom stereocenters. The van der Waals surface area contributed by atoms with Crippen LogP contribution in [0.3, 0.4) is 0 Å². The van der Waals surface area contributed by atoms with E-state index in [4.69, 9.17) is 0 Å². The van der Waals surface area contributed by atoms with Crippen LogP contribution in [0.5, 0.6) is 0 Å². The Balaban J connectivity index is 1.64. The topological polar surface area (TPSA) is 71.0 Å². The van der Waals surface area contributed by atoms with Crippen molar-refractivity contribution in [3.05, 3.63) is 91.5 Å². The fraction of sp³-hybridized carbons (Fsp3) is 0.0909. The van der Waals surface area contributed by atoms with Crippen molar-refractivity contribution in [2.45, 2.75) is 12.7 Å². The quantitative estimate of drug-likeness (QED) is 0.397. The van der Waals surface area contributed by atoms with Crippen LogP contribution >= 0.6 is 7.60 Å². The van der Waals surface area contributed by atoms with Gasteiger partial charge in [-0.2, -0.15) is 9.13 Å². The minimum Gasteiger partial charge on any atom is -0.806 e. The maximum atomic E-state index is 11.2. The van der Waals surface area contributed by atoms with Gasteiger partial charge in [0.05, 0.1) is 5.39 Å². The van der Waals surface area contributed by atoms with Crippen LogP contribution < -0.4 is 18.9 Å². The van der Waals surface area contributed by atoms with Gasteiger partial charge in [0, 0.05) is 44.9 Å². The van der Waals surface area contributed by atoms with E-state index in [1.165, 1.54) is 22.3 Å². The van der Waals surface area contributed by atoms with Crippen LogP contribution in [0.2, 0.25) is 0 Å². The van der Waals surface area contributed by atoms with Crippen LogP contribution in [0, 0.1) is 0 Å². The molecule has 28 heavy (non-hydrogen) atoms. The molecule has 6 heteroatoms. The molecular weight excluding hydrogens is 371 g/mol. The first-order valence-corrected chi connectivity index (χ1v) is 10.6. The molecule has 0 amide bonds. The molecule has 0 saturated heterocycles. The summed E-state index contributed by atoms with van der Waals surface area (Å²) in [6.45, 7) is 1.38. The molecule has 4 aromatic rings. The molecule has 0 spiro atoms. The third-order valence-electron chi connectivity index (χ3n) is 4.95. The van der Waals surface area contributed by atoms with Crippen molar-refractivity contribution in [2.75, 3.05) is 0 Å². The molecule has 0 aliphatic heterocycles. The lowest BCUT2D eigenvalue weighted by Gasteiger charge is -2.31. The van der Waals surface area contributed by atoms with Gasteiger partial charge in [-0.25, -0.2) is 0 Å². The van der Waals surface area contributed by atoms with Crippen LogP contribution in [0.25, 0.3) is 27.6 Å². The first-order chi connectivity index (χ1) is 13.4. The Labute approximate surface area is 163 Å². The number of hydrogen-bond donors (Lipinski definition) is 0. The molecule has 0 fully saturated rings. The second kappa shape index (κ2) is 7.28. The molecule has 0 bridgehead atoms. The van der Waals surface area contributed by atoms with Gasteiger partial charge >= 0.3 is 0 Å². The molecule has 0 N–H and O–H groups in total. The highest BCUT2D eigenvalue weighted by Gasteiger charge is 2.16. The average Bonchev–Trinajstić information content (AvgIpc) is 2.72. The monoisotopic (exact) mass is 390 g/mol. The molecule has 0 aliphatic carbocycles. The summed E-state index contributed by atoms with van der Waals surface area (Å²) in [5, 5.41) is 2.37. The predicted molar refractivity (Wildman–Crippen MR) is 103 cm³/mol. The highest BCUT2D eigenvalue weighted by molar-refractivity contribution is 7.48. The maximum absolute atomic E-state index is 11.2. The first-order valence-electron chi connectivity index (χ1n) is 8.96. The molecular formula is C22H19N2O3P. The van der Waals surface area contributed by atoms with Crippen molar-refractivity contribution >= 4 is 18.4 Å².